The molecule has 0 bridgehead atoms. The predicted molar refractivity (Wildman–Crippen MR) is 86.6 cm³/mol. The van der Waals surface area contributed by atoms with E-state index in [2.05, 4.69) is 25.8 Å². The van der Waals surface area contributed by atoms with E-state index < -0.39 is 0 Å². The zero-order valence-corrected chi connectivity index (χ0v) is 13.5. The number of carbonyl (C=O) groups excluding carboxylic acids is 2. The van der Waals surface area contributed by atoms with Gasteiger partial charge in [0, 0.05) is 44.4 Å². The second kappa shape index (κ2) is 7.24. The Kier molecular flexibility index (Phi) is 4.88. The van der Waals surface area contributed by atoms with Gasteiger partial charge in [-0.25, -0.2) is 15.4 Å². The summed E-state index contributed by atoms with van der Waals surface area (Å²) < 4.78 is 5.18. The minimum Gasteiger partial charge on any atom is -0.478 e. The Morgan fingerprint density at radius 3 is 2.71 bits per heavy atom. The Balaban J connectivity index is 1.54. The van der Waals surface area contributed by atoms with Crippen LogP contribution in [0, 0.1) is 0 Å². The first-order chi connectivity index (χ1) is 11.7. The monoisotopic (exact) mass is 332 g/mol. The summed E-state index contributed by atoms with van der Waals surface area (Å²) in [5.74, 6) is 0.838. The lowest BCUT2D eigenvalue weighted by molar-refractivity contribution is -0.125. The Hall–Kier alpha value is -2.71. The largest absolute Gasteiger partial charge is 0.478 e. The van der Waals surface area contributed by atoms with Gasteiger partial charge in [-0.05, 0) is 12.8 Å². The average molecular weight is 332 g/mol. The summed E-state index contributed by atoms with van der Waals surface area (Å²) in [6.45, 7) is 1.26. The van der Waals surface area contributed by atoms with Crippen LogP contribution in [0.1, 0.15) is 25.7 Å². The highest BCUT2D eigenvalue weighted by Gasteiger charge is 2.28. The number of nitrogens with zero attached hydrogens (tertiary/aromatic N) is 4. The lowest BCUT2D eigenvalue weighted by Crippen LogP contribution is -2.46. The summed E-state index contributed by atoms with van der Waals surface area (Å²) in [4.78, 5) is 33.6. The Labute approximate surface area is 139 Å². The maximum absolute atomic E-state index is 12.4. The van der Waals surface area contributed by atoms with Gasteiger partial charge in [-0.3, -0.25) is 9.59 Å². The van der Waals surface area contributed by atoms with Crippen LogP contribution in [0.25, 0.3) is 0 Å². The number of rotatable bonds is 4. The van der Waals surface area contributed by atoms with E-state index in [9.17, 15) is 9.59 Å². The molecule has 0 aliphatic carbocycles. The molecule has 3 heterocycles. The summed E-state index contributed by atoms with van der Waals surface area (Å²) in [5, 5.41) is 7.19. The molecule has 1 saturated heterocycles. The number of nitrogens with one attached hydrogen (secondary N) is 2. The Bertz CT molecular complexity index is 654. The van der Waals surface area contributed by atoms with E-state index in [-0.39, 0.29) is 17.9 Å². The van der Waals surface area contributed by atoms with Crippen molar-refractivity contribution in [3.8, 4) is 5.88 Å². The summed E-state index contributed by atoms with van der Waals surface area (Å²) in [6, 6.07) is 0.202. The predicted octanol–water partition coefficient (Wildman–Crippen LogP) is 0.154. The first-order valence-electron chi connectivity index (χ1n) is 7.93. The lowest BCUT2D eigenvalue weighted by atomic mass is 10.0. The molecule has 0 unspecified atom stereocenters. The molecule has 2 amide bonds. The van der Waals surface area contributed by atoms with E-state index in [1.807, 2.05) is 0 Å². The molecular weight excluding hydrogens is 312 g/mol. The number of anilines is 1. The molecule has 0 saturated carbocycles. The third-order valence-corrected chi connectivity index (χ3v) is 4.13. The van der Waals surface area contributed by atoms with Crippen LogP contribution in [0.2, 0.25) is 0 Å². The second-order valence-electron chi connectivity index (χ2n) is 5.72. The van der Waals surface area contributed by atoms with Crippen molar-refractivity contribution in [2.45, 2.75) is 31.7 Å². The van der Waals surface area contributed by atoms with Crippen molar-refractivity contribution >= 4 is 23.3 Å². The Morgan fingerprint density at radius 1 is 1.29 bits per heavy atom. The van der Waals surface area contributed by atoms with Crippen LogP contribution in [0.15, 0.2) is 17.5 Å². The van der Waals surface area contributed by atoms with Crippen molar-refractivity contribution in [3.05, 3.63) is 12.4 Å². The van der Waals surface area contributed by atoms with Gasteiger partial charge in [0.25, 0.3) is 11.8 Å². The SMILES string of the molecule is COc1nccnc1NC1CCN(C(=O)C2=NNC(=O)CC2)CC1. The van der Waals surface area contributed by atoms with Crippen LogP contribution in [0.5, 0.6) is 5.88 Å². The molecule has 0 radical (unpaired) electrons. The van der Waals surface area contributed by atoms with E-state index in [1.165, 1.54) is 0 Å². The van der Waals surface area contributed by atoms with Gasteiger partial charge in [0.05, 0.1) is 7.11 Å². The fourth-order valence-electron chi connectivity index (χ4n) is 2.80. The van der Waals surface area contributed by atoms with Gasteiger partial charge in [0.2, 0.25) is 5.91 Å². The number of methoxy groups -OCH3 is 1. The smallest absolute Gasteiger partial charge is 0.270 e. The van der Waals surface area contributed by atoms with E-state index in [4.69, 9.17) is 4.74 Å². The summed E-state index contributed by atoms with van der Waals surface area (Å²) in [6.07, 6.45) is 5.50. The van der Waals surface area contributed by atoms with Crippen molar-refractivity contribution in [3.63, 3.8) is 0 Å². The van der Waals surface area contributed by atoms with Crippen LogP contribution in [0.3, 0.4) is 0 Å². The molecule has 2 aliphatic rings. The van der Waals surface area contributed by atoms with Crippen molar-refractivity contribution < 1.29 is 14.3 Å². The normalized spacial score (nSPS) is 18.6. The molecule has 0 aromatic carbocycles. The van der Waals surface area contributed by atoms with Crippen molar-refractivity contribution in [1.82, 2.24) is 20.3 Å². The van der Waals surface area contributed by atoms with Crippen LogP contribution in [-0.4, -0.2) is 58.6 Å². The highest BCUT2D eigenvalue weighted by molar-refractivity contribution is 6.39. The van der Waals surface area contributed by atoms with Gasteiger partial charge in [0.15, 0.2) is 5.82 Å². The number of carbonyl (C=O) groups is 2. The summed E-state index contributed by atoms with van der Waals surface area (Å²) in [7, 11) is 1.56. The molecule has 0 spiro atoms. The quantitative estimate of drug-likeness (QED) is 0.813. The molecular formula is C15H20N6O3. The zero-order valence-electron chi connectivity index (χ0n) is 13.5. The Morgan fingerprint density at radius 2 is 2.04 bits per heavy atom. The van der Waals surface area contributed by atoms with Gasteiger partial charge in [-0.15, -0.1) is 0 Å². The first-order valence-corrected chi connectivity index (χ1v) is 7.93. The van der Waals surface area contributed by atoms with Crippen LogP contribution >= 0.6 is 0 Å². The number of amides is 2. The maximum atomic E-state index is 12.4. The molecule has 1 aromatic heterocycles. The molecule has 0 atom stereocenters. The molecule has 3 rings (SSSR count). The number of piperidine rings is 1. The van der Waals surface area contributed by atoms with Crippen molar-refractivity contribution in [1.29, 1.82) is 0 Å². The van der Waals surface area contributed by atoms with E-state index in [0.29, 0.717) is 43.3 Å². The third-order valence-electron chi connectivity index (χ3n) is 4.13. The third kappa shape index (κ3) is 3.61. The van der Waals surface area contributed by atoms with Crippen molar-refractivity contribution in [2.75, 3.05) is 25.5 Å². The van der Waals surface area contributed by atoms with Crippen LogP contribution in [-0.2, 0) is 9.59 Å². The fourth-order valence-corrected chi connectivity index (χ4v) is 2.80. The van der Waals surface area contributed by atoms with Crippen LogP contribution in [0.4, 0.5) is 5.82 Å². The number of likely N-dealkylation sites (tertiary alicyclic amines) is 1. The molecule has 128 valence electrons. The van der Waals surface area contributed by atoms with Gasteiger partial charge >= 0.3 is 0 Å². The molecule has 9 heteroatoms. The van der Waals surface area contributed by atoms with Crippen molar-refractivity contribution in [2.24, 2.45) is 5.10 Å². The molecule has 24 heavy (non-hydrogen) atoms. The van der Waals surface area contributed by atoms with Gasteiger partial charge in [-0.1, -0.05) is 0 Å². The molecule has 1 aromatic rings. The van der Waals surface area contributed by atoms with E-state index in [1.54, 1.807) is 24.4 Å². The first kappa shape index (κ1) is 16.2. The highest BCUT2D eigenvalue weighted by atomic mass is 16.5. The van der Waals surface area contributed by atoms with E-state index >= 15 is 0 Å². The number of hydrogen-bond donors (Lipinski definition) is 2. The number of aromatic nitrogens is 2. The standard InChI is InChI=1S/C15H20N6O3/c1-24-14-13(16-6-7-17-14)18-10-4-8-21(9-5-10)15(23)11-2-3-12(22)20-19-11/h6-7,10H,2-5,8-9H2,1H3,(H,16,18)(H,20,22). The molecule has 2 N–H and O–H groups in total. The minimum absolute atomic E-state index is 0.0921. The number of ether oxygens (including phenoxy) is 1. The molecule has 9 nitrogen and oxygen atoms in total. The number of hydrogen-bond acceptors (Lipinski definition) is 7. The highest BCUT2D eigenvalue weighted by Crippen LogP contribution is 2.21. The minimum atomic E-state index is -0.146. The second-order valence-corrected chi connectivity index (χ2v) is 5.72. The van der Waals surface area contributed by atoms with Gasteiger partial charge < -0.3 is 15.0 Å². The van der Waals surface area contributed by atoms with E-state index in [0.717, 1.165) is 12.8 Å². The molecule has 1 fully saturated rings. The summed E-state index contributed by atoms with van der Waals surface area (Å²) >= 11 is 0. The maximum Gasteiger partial charge on any atom is 0.270 e. The van der Waals surface area contributed by atoms with Crippen LogP contribution < -0.4 is 15.5 Å². The average Bonchev–Trinajstić information content (AvgIpc) is 2.63. The fraction of sp³-hybridized carbons (Fsp3) is 0.533. The van der Waals surface area contributed by atoms with Gasteiger partial charge in [0.1, 0.15) is 5.71 Å². The number of hydrazone groups is 1. The zero-order chi connectivity index (χ0) is 16.9. The topological polar surface area (TPSA) is 109 Å². The molecule has 2 aliphatic heterocycles. The lowest BCUT2D eigenvalue weighted by Gasteiger charge is -2.33. The van der Waals surface area contributed by atoms with Gasteiger partial charge in [-0.2, -0.15) is 5.10 Å². The summed E-state index contributed by atoms with van der Waals surface area (Å²) in [5.41, 5.74) is 2.79.